The van der Waals surface area contributed by atoms with Crippen molar-refractivity contribution in [3.05, 3.63) is 66.6 Å². The van der Waals surface area contributed by atoms with Crippen LogP contribution in [0.15, 0.2) is 60.8 Å². The lowest BCUT2D eigenvalue weighted by atomic mass is 10.2. The normalized spacial score (nSPS) is 10.7. The number of nitrogens with one attached hydrogen (secondary N) is 1. The molecule has 0 atom stereocenters. The molecule has 0 saturated carbocycles. The predicted molar refractivity (Wildman–Crippen MR) is 77.0 cm³/mol. The van der Waals surface area contributed by atoms with E-state index in [1.165, 1.54) is 6.07 Å². The van der Waals surface area contributed by atoms with Gasteiger partial charge in [0.15, 0.2) is 0 Å². The lowest BCUT2D eigenvalue weighted by Crippen LogP contribution is -2.18. The highest BCUT2D eigenvalue weighted by molar-refractivity contribution is 5.92. The van der Waals surface area contributed by atoms with E-state index in [0.29, 0.717) is 10.9 Å². The first kappa shape index (κ1) is 12.4. The van der Waals surface area contributed by atoms with E-state index in [-0.39, 0.29) is 18.3 Å². The third-order valence-corrected chi connectivity index (χ3v) is 3.13. The molecule has 0 radical (unpaired) electrons. The Labute approximate surface area is 115 Å². The van der Waals surface area contributed by atoms with Crippen LogP contribution in [0.4, 0.5) is 10.1 Å². The molecule has 0 aliphatic rings. The van der Waals surface area contributed by atoms with Gasteiger partial charge < -0.3 is 9.88 Å². The fourth-order valence-electron chi connectivity index (χ4n) is 2.20. The molecular weight excluding hydrogens is 255 g/mol. The molecule has 3 rings (SSSR count). The van der Waals surface area contributed by atoms with Gasteiger partial charge in [0.2, 0.25) is 5.91 Å². The van der Waals surface area contributed by atoms with Crippen LogP contribution >= 0.6 is 0 Å². The molecule has 1 aromatic heterocycles. The van der Waals surface area contributed by atoms with Crippen LogP contribution in [-0.4, -0.2) is 10.5 Å². The molecule has 0 unspecified atom stereocenters. The number of rotatable bonds is 3. The Hall–Kier alpha value is -2.62. The number of hydrogen-bond donors (Lipinski definition) is 1. The fraction of sp³-hybridized carbons (Fsp3) is 0.0625. The van der Waals surface area contributed by atoms with Gasteiger partial charge in [0, 0.05) is 17.3 Å². The molecule has 0 spiro atoms. The molecule has 3 aromatic rings. The smallest absolute Gasteiger partial charge is 0.244 e. The molecule has 1 amide bonds. The number of para-hydroxylation sites is 1. The van der Waals surface area contributed by atoms with Crippen LogP contribution in [0.1, 0.15) is 0 Å². The maximum Gasteiger partial charge on any atom is 0.244 e. The lowest BCUT2D eigenvalue weighted by Gasteiger charge is -2.07. The fourth-order valence-corrected chi connectivity index (χ4v) is 2.20. The molecule has 100 valence electrons. The van der Waals surface area contributed by atoms with Crippen molar-refractivity contribution < 1.29 is 9.18 Å². The second-order valence-corrected chi connectivity index (χ2v) is 4.53. The molecule has 0 fully saturated rings. The molecule has 20 heavy (non-hydrogen) atoms. The van der Waals surface area contributed by atoms with Gasteiger partial charge in [-0.25, -0.2) is 4.39 Å². The van der Waals surface area contributed by atoms with Crippen molar-refractivity contribution in [1.82, 2.24) is 4.57 Å². The second kappa shape index (κ2) is 5.17. The van der Waals surface area contributed by atoms with Crippen LogP contribution in [0.2, 0.25) is 0 Å². The van der Waals surface area contributed by atoms with E-state index in [1.54, 1.807) is 29.0 Å². The van der Waals surface area contributed by atoms with Crippen molar-refractivity contribution in [3.63, 3.8) is 0 Å². The van der Waals surface area contributed by atoms with Crippen LogP contribution < -0.4 is 5.32 Å². The van der Waals surface area contributed by atoms with E-state index in [0.717, 1.165) is 5.69 Å². The maximum absolute atomic E-state index is 13.6. The van der Waals surface area contributed by atoms with Gasteiger partial charge in [-0.05, 0) is 30.3 Å². The highest BCUT2D eigenvalue weighted by atomic mass is 19.1. The summed E-state index contributed by atoms with van der Waals surface area (Å²) < 4.78 is 15.3. The number of aromatic nitrogens is 1. The molecule has 2 aromatic carbocycles. The Morgan fingerprint density at radius 1 is 1.05 bits per heavy atom. The minimum atomic E-state index is -0.273. The first-order valence-electron chi connectivity index (χ1n) is 6.32. The van der Waals surface area contributed by atoms with Gasteiger partial charge in [0.25, 0.3) is 0 Å². The summed E-state index contributed by atoms with van der Waals surface area (Å²) in [5.41, 5.74) is 1.47. The lowest BCUT2D eigenvalue weighted by molar-refractivity contribution is -0.116. The van der Waals surface area contributed by atoms with Gasteiger partial charge in [0.05, 0.1) is 5.52 Å². The summed E-state index contributed by atoms with van der Waals surface area (Å²) in [6.45, 7) is 0.155. The molecular formula is C16H13FN2O. The van der Waals surface area contributed by atoms with Gasteiger partial charge in [-0.2, -0.15) is 0 Å². The molecule has 3 nitrogen and oxygen atoms in total. The summed E-state index contributed by atoms with van der Waals surface area (Å²) in [6.07, 6.45) is 1.72. The summed E-state index contributed by atoms with van der Waals surface area (Å²) in [6, 6.07) is 15.8. The minimum Gasteiger partial charge on any atom is -0.338 e. The molecule has 1 N–H and O–H groups in total. The summed E-state index contributed by atoms with van der Waals surface area (Å²) in [5, 5.41) is 3.33. The number of carbonyl (C=O) groups is 1. The van der Waals surface area contributed by atoms with Crippen LogP contribution in [0.25, 0.3) is 10.9 Å². The Morgan fingerprint density at radius 3 is 2.65 bits per heavy atom. The van der Waals surface area contributed by atoms with Gasteiger partial charge in [-0.1, -0.05) is 24.3 Å². The molecule has 4 heteroatoms. The number of hydrogen-bond acceptors (Lipinski definition) is 1. The van der Waals surface area contributed by atoms with Crippen LogP contribution in [0.3, 0.4) is 0 Å². The zero-order chi connectivity index (χ0) is 13.9. The van der Waals surface area contributed by atoms with Crippen molar-refractivity contribution in [2.45, 2.75) is 6.54 Å². The molecule has 1 heterocycles. The van der Waals surface area contributed by atoms with Crippen molar-refractivity contribution >= 4 is 22.5 Å². The van der Waals surface area contributed by atoms with Crippen molar-refractivity contribution in [3.8, 4) is 0 Å². The summed E-state index contributed by atoms with van der Waals surface area (Å²) in [7, 11) is 0. The van der Waals surface area contributed by atoms with E-state index in [2.05, 4.69) is 5.32 Å². The predicted octanol–water partition coefficient (Wildman–Crippen LogP) is 3.42. The quantitative estimate of drug-likeness (QED) is 0.776. The largest absolute Gasteiger partial charge is 0.338 e. The third kappa shape index (κ3) is 2.40. The van der Waals surface area contributed by atoms with Crippen molar-refractivity contribution in [2.75, 3.05) is 5.32 Å². The van der Waals surface area contributed by atoms with Gasteiger partial charge in [-0.15, -0.1) is 0 Å². The Morgan fingerprint density at radius 2 is 1.85 bits per heavy atom. The van der Waals surface area contributed by atoms with Crippen LogP contribution in [0.5, 0.6) is 0 Å². The summed E-state index contributed by atoms with van der Waals surface area (Å²) in [5.74, 6) is -0.414. The van der Waals surface area contributed by atoms with Gasteiger partial charge in [0.1, 0.15) is 12.4 Å². The Kier molecular flexibility index (Phi) is 3.21. The Balaban J connectivity index is 1.80. The van der Waals surface area contributed by atoms with Gasteiger partial charge >= 0.3 is 0 Å². The number of benzene rings is 2. The number of nitrogens with zero attached hydrogens (tertiary/aromatic N) is 1. The Bertz CT molecular complexity index is 750. The average molecular weight is 268 g/mol. The van der Waals surface area contributed by atoms with Crippen LogP contribution in [-0.2, 0) is 11.3 Å². The summed E-state index contributed by atoms with van der Waals surface area (Å²) in [4.78, 5) is 12.0. The molecule has 0 aliphatic heterocycles. The van der Waals surface area contributed by atoms with E-state index < -0.39 is 0 Å². The first-order valence-corrected chi connectivity index (χ1v) is 6.32. The molecule has 0 aliphatic carbocycles. The van der Waals surface area contributed by atoms with Crippen molar-refractivity contribution in [2.24, 2.45) is 0 Å². The van der Waals surface area contributed by atoms with E-state index in [4.69, 9.17) is 0 Å². The monoisotopic (exact) mass is 268 g/mol. The van der Waals surface area contributed by atoms with Crippen molar-refractivity contribution in [1.29, 1.82) is 0 Å². The SMILES string of the molecule is O=C(Cn1ccc2c(F)cccc21)Nc1ccccc1. The highest BCUT2D eigenvalue weighted by Crippen LogP contribution is 2.19. The van der Waals surface area contributed by atoms with E-state index in [9.17, 15) is 9.18 Å². The first-order chi connectivity index (χ1) is 9.74. The topological polar surface area (TPSA) is 34.0 Å². The van der Waals surface area contributed by atoms with E-state index in [1.807, 2.05) is 30.3 Å². The third-order valence-electron chi connectivity index (χ3n) is 3.13. The summed E-state index contributed by atoms with van der Waals surface area (Å²) >= 11 is 0. The standard InChI is InChI=1S/C16H13FN2O/c17-14-7-4-8-15-13(14)9-10-19(15)11-16(20)18-12-5-2-1-3-6-12/h1-10H,11H2,(H,18,20). The van der Waals surface area contributed by atoms with Gasteiger partial charge in [-0.3, -0.25) is 4.79 Å². The average Bonchev–Trinajstić information content (AvgIpc) is 2.84. The van der Waals surface area contributed by atoms with E-state index >= 15 is 0 Å². The highest BCUT2D eigenvalue weighted by Gasteiger charge is 2.08. The maximum atomic E-state index is 13.6. The zero-order valence-electron chi connectivity index (χ0n) is 10.7. The second-order valence-electron chi connectivity index (χ2n) is 4.53. The zero-order valence-corrected chi connectivity index (χ0v) is 10.7. The number of amides is 1. The minimum absolute atomic E-state index is 0.141. The number of halogens is 1. The number of carbonyl (C=O) groups excluding carboxylic acids is 1. The molecule has 0 bridgehead atoms. The van der Waals surface area contributed by atoms with Crippen LogP contribution in [0, 0.1) is 5.82 Å². The number of fused-ring (bicyclic) bond motifs is 1. The molecule has 0 saturated heterocycles. The number of anilines is 1.